The molecule has 2 aliphatic rings. The van der Waals surface area contributed by atoms with Crippen LogP contribution in [0.4, 0.5) is 0 Å². The van der Waals surface area contributed by atoms with Crippen LogP contribution in [0.5, 0.6) is 0 Å². The summed E-state index contributed by atoms with van der Waals surface area (Å²) in [6.45, 7) is 2.24. The number of hydrogen-bond acceptors (Lipinski definition) is 4. The van der Waals surface area contributed by atoms with Gasteiger partial charge in [-0.25, -0.2) is 0 Å². The number of para-hydroxylation sites is 1. The van der Waals surface area contributed by atoms with Crippen LogP contribution in [0.3, 0.4) is 0 Å². The van der Waals surface area contributed by atoms with Gasteiger partial charge in [0.2, 0.25) is 5.91 Å². The van der Waals surface area contributed by atoms with Gasteiger partial charge in [-0.2, -0.15) is 0 Å². The van der Waals surface area contributed by atoms with Crippen LogP contribution in [0.25, 0.3) is 10.9 Å². The van der Waals surface area contributed by atoms with Crippen LogP contribution in [0.15, 0.2) is 35.9 Å². The molecule has 3 atom stereocenters. The Morgan fingerprint density at radius 2 is 2.19 bits per heavy atom. The predicted molar refractivity (Wildman–Crippen MR) is 101 cm³/mol. The number of carbonyl (C=O) groups excluding carboxylic acids is 2. The smallest absolute Gasteiger partial charge is 0.318 e. The number of esters is 1. The maximum Gasteiger partial charge on any atom is 0.318 e. The Labute approximate surface area is 157 Å². The number of benzene rings is 1. The minimum atomic E-state index is -0.893. The molecule has 1 aromatic carbocycles. The van der Waals surface area contributed by atoms with Crippen molar-refractivity contribution < 1.29 is 19.4 Å². The lowest BCUT2D eigenvalue weighted by Crippen LogP contribution is -2.53. The quantitative estimate of drug-likeness (QED) is 0.495. The monoisotopic (exact) mass is 368 g/mol. The molecule has 0 aliphatic carbocycles. The molecule has 27 heavy (non-hydrogen) atoms. The minimum Gasteiger partial charge on any atom is -0.468 e. The van der Waals surface area contributed by atoms with E-state index in [4.69, 9.17) is 4.74 Å². The lowest BCUT2D eigenvalue weighted by Gasteiger charge is -2.45. The molecule has 2 N–H and O–H groups in total. The summed E-state index contributed by atoms with van der Waals surface area (Å²) in [5.74, 6) is -1.99. The Kier molecular flexibility index (Phi) is 4.52. The molecule has 0 saturated carbocycles. The molecule has 1 fully saturated rings. The molecule has 0 spiro atoms. The van der Waals surface area contributed by atoms with Gasteiger partial charge in [-0.1, -0.05) is 24.3 Å². The van der Waals surface area contributed by atoms with E-state index < -0.39 is 11.9 Å². The summed E-state index contributed by atoms with van der Waals surface area (Å²) >= 11 is 0. The summed E-state index contributed by atoms with van der Waals surface area (Å²) in [5, 5.41) is 11.0. The van der Waals surface area contributed by atoms with E-state index in [1.165, 1.54) is 18.1 Å². The molecule has 1 saturated heterocycles. The lowest BCUT2D eigenvalue weighted by molar-refractivity contribution is -0.161. The maximum absolute atomic E-state index is 13.2. The zero-order chi connectivity index (χ0) is 19.1. The number of hydrogen-bond donors (Lipinski definition) is 2. The van der Waals surface area contributed by atoms with Crippen molar-refractivity contribution in [2.75, 3.05) is 20.3 Å². The summed E-state index contributed by atoms with van der Waals surface area (Å²) in [5.41, 5.74) is 4.08. The summed E-state index contributed by atoms with van der Waals surface area (Å²) < 4.78 is 4.92. The Balaban J connectivity index is 1.80. The third-order valence-corrected chi connectivity index (χ3v) is 6.07. The van der Waals surface area contributed by atoms with Crippen molar-refractivity contribution >= 4 is 22.8 Å². The van der Waals surface area contributed by atoms with Gasteiger partial charge in [0, 0.05) is 29.1 Å². The largest absolute Gasteiger partial charge is 0.468 e. The van der Waals surface area contributed by atoms with E-state index >= 15 is 0 Å². The number of methoxy groups -OCH3 is 1. The van der Waals surface area contributed by atoms with E-state index in [0.29, 0.717) is 18.5 Å². The van der Waals surface area contributed by atoms with Crippen molar-refractivity contribution in [3.63, 3.8) is 0 Å². The SMILES string of the molecule is C/C=C(/CO)[C@@H]1C[C@H]2c3[nH]c4ccccc4c3CCN2C(=O)[C@H]1C(=O)OC. The molecule has 2 aliphatic heterocycles. The number of amides is 1. The van der Waals surface area contributed by atoms with Crippen LogP contribution in [-0.2, 0) is 20.7 Å². The fraction of sp³-hybridized carbons (Fsp3) is 0.429. The van der Waals surface area contributed by atoms with E-state index in [2.05, 4.69) is 11.1 Å². The van der Waals surface area contributed by atoms with Crippen LogP contribution in [0, 0.1) is 11.8 Å². The fourth-order valence-corrected chi connectivity index (χ4v) is 4.73. The number of H-pyrrole nitrogens is 1. The molecule has 6 nitrogen and oxygen atoms in total. The molecule has 1 aromatic heterocycles. The summed E-state index contributed by atoms with van der Waals surface area (Å²) in [7, 11) is 1.30. The highest BCUT2D eigenvalue weighted by molar-refractivity contribution is 5.99. The van der Waals surface area contributed by atoms with E-state index in [-0.39, 0.29) is 24.5 Å². The number of aromatic amines is 1. The number of nitrogens with zero attached hydrogens (tertiary/aromatic N) is 1. The van der Waals surface area contributed by atoms with Crippen LogP contribution in [0.1, 0.15) is 30.6 Å². The third kappa shape index (κ3) is 2.67. The maximum atomic E-state index is 13.2. The van der Waals surface area contributed by atoms with E-state index in [1.54, 1.807) is 11.0 Å². The van der Waals surface area contributed by atoms with Crippen molar-refractivity contribution in [3.8, 4) is 0 Å². The first kappa shape index (κ1) is 17.8. The van der Waals surface area contributed by atoms with Gasteiger partial charge in [0.25, 0.3) is 0 Å². The zero-order valence-electron chi connectivity index (χ0n) is 15.6. The minimum absolute atomic E-state index is 0.124. The Morgan fingerprint density at radius 3 is 2.89 bits per heavy atom. The van der Waals surface area contributed by atoms with Crippen molar-refractivity contribution in [2.45, 2.75) is 25.8 Å². The van der Waals surface area contributed by atoms with E-state index in [0.717, 1.165) is 17.6 Å². The van der Waals surface area contributed by atoms with E-state index in [9.17, 15) is 14.7 Å². The highest BCUT2D eigenvalue weighted by Gasteiger charge is 2.49. The van der Waals surface area contributed by atoms with Crippen molar-refractivity contribution in [2.24, 2.45) is 11.8 Å². The molecular formula is C21H24N2O4. The normalized spacial score (nSPS) is 25.3. The highest BCUT2D eigenvalue weighted by Crippen LogP contribution is 2.45. The number of fused-ring (bicyclic) bond motifs is 5. The Hall–Kier alpha value is -2.60. The number of aliphatic hydroxyl groups is 1. The van der Waals surface area contributed by atoms with Gasteiger partial charge >= 0.3 is 5.97 Å². The number of aliphatic hydroxyl groups excluding tert-OH is 1. The summed E-state index contributed by atoms with van der Waals surface area (Å²) in [6.07, 6.45) is 3.15. The molecule has 1 amide bonds. The first-order chi connectivity index (χ1) is 13.1. The average Bonchev–Trinajstić information content (AvgIpc) is 3.08. The van der Waals surface area contributed by atoms with Gasteiger partial charge in [0.15, 0.2) is 0 Å². The van der Waals surface area contributed by atoms with Gasteiger partial charge in [-0.05, 0) is 37.0 Å². The predicted octanol–water partition coefficient (Wildman–Crippen LogP) is 2.34. The van der Waals surface area contributed by atoms with Gasteiger partial charge < -0.3 is 19.7 Å². The van der Waals surface area contributed by atoms with E-state index in [1.807, 2.05) is 25.1 Å². The molecular weight excluding hydrogens is 344 g/mol. The van der Waals surface area contributed by atoms with Gasteiger partial charge in [-0.15, -0.1) is 0 Å². The molecule has 0 bridgehead atoms. The molecule has 0 radical (unpaired) electrons. The molecule has 6 heteroatoms. The number of ether oxygens (including phenoxy) is 1. The number of piperidine rings is 1. The Morgan fingerprint density at radius 1 is 1.41 bits per heavy atom. The molecule has 0 unspecified atom stereocenters. The van der Waals surface area contributed by atoms with Crippen LogP contribution in [-0.4, -0.2) is 47.1 Å². The van der Waals surface area contributed by atoms with Crippen LogP contribution >= 0.6 is 0 Å². The van der Waals surface area contributed by atoms with Gasteiger partial charge in [0.1, 0.15) is 5.92 Å². The van der Waals surface area contributed by atoms with Crippen molar-refractivity contribution in [1.29, 1.82) is 0 Å². The molecule has 3 heterocycles. The second-order valence-corrected chi connectivity index (χ2v) is 7.22. The van der Waals surface area contributed by atoms with Crippen LogP contribution in [0.2, 0.25) is 0 Å². The van der Waals surface area contributed by atoms with Crippen molar-refractivity contribution in [3.05, 3.63) is 47.2 Å². The molecule has 142 valence electrons. The summed E-state index contributed by atoms with van der Waals surface area (Å²) in [6, 6.07) is 8.04. The van der Waals surface area contributed by atoms with Crippen LogP contribution < -0.4 is 0 Å². The molecule has 4 rings (SSSR count). The number of carbonyl (C=O) groups is 2. The number of nitrogens with one attached hydrogen (secondary N) is 1. The van der Waals surface area contributed by atoms with Gasteiger partial charge in [-0.3, -0.25) is 9.59 Å². The second-order valence-electron chi connectivity index (χ2n) is 7.22. The zero-order valence-corrected chi connectivity index (χ0v) is 15.6. The number of rotatable bonds is 3. The number of aromatic nitrogens is 1. The van der Waals surface area contributed by atoms with Gasteiger partial charge in [0.05, 0.1) is 19.8 Å². The standard InChI is InChI=1S/C21H24N2O4/c1-3-12(11-24)15-10-17-19-14(13-6-4-5-7-16(13)22-19)8-9-23(17)20(25)18(15)21(26)27-2/h3-7,15,17-18,22,24H,8-11H2,1-2H3/b12-3-/t15-,17-,18-/m0/s1. The fourth-order valence-electron chi connectivity index (χ4n) is 4.73. The Bertz CT molecular complexity index is 929. The summed E-state index contributed by atoms with van der Waals surface area (Å²) in [4.78, 5) is 30.9. The van der Waals surface area contributed by atoms with Crippen molar-refractivity contribution in [1.82, 2.24) is 9.88 Å². The second kappa shape index (κ2) is 6.85. The number of allylic oxidation sites excluding steroid dienone is 1. The lowest BCUT2D eigenvalue weighted by atomic mass is 9.74. The molecule has 2 aromatic rings. The first-order valence-electron chi connectivity index (χ1n) is 9.34. The average molecular weight is 368 g/mol. The first-order valence-corrected chi connectivity index (χ1v) is 9.34. The highest BCUT2D eigenvalue weighted by atomic mass is 16.5. The topological polar surface area (TPSA) is 82.6 Å². The third-order valence-electron chi connectivity index (χ3n) is 6.07.